The zero-order valence-electron chi connectivity index (χ0n) is 17.6. The Labute approximate surface area is 196 Å². The second-order valence-electron chi connectivity index (χ2n) is 6.63. The second kappa shape index (κ2) is 10.8. The van der Waals surface area contributed by atoms with E-state index in [-0.39, 0.29) is 9.93 Å². The van der Waals surface area contributed by atoms with E-state index in [4.69, 9.17) is 9.47 Å². The highest BCUT2D eigenvalue weighted by Crippen LogP contribution is 2.20. The van der Waals surface area contributed by atoms with Crippen molar-refractivity contribution in [2.45, 2.75) is 6.54 Å². The zero-order chi connectivity index (χ0) is 24.0. The lowest BCUT2D eigenvalue weighted by Crippen LogP contribution is -2.28. The van der Waals surface area contributed by atoms with Crippen molar-refractivity contribution in [3.63, 3.8) is 0 Å². The Kier molecular flexibility index (Phi) is 8.07. The van der Waals surface area contributed by atoms with Gasteiger partial charge in [0.25, 0.3) is 5.91 Å². The van der Waals surface area contributed by atoms with E-state index >= 15 is 0 Å². The van der Waals surface area contributed by atoms with Gasteiger partial charge in [-0.3, -0.25) is 9.59 Å². The molecule has 11 nitrogen and oxygen atoms in total. The third-order valence-corrected chi connectivity index (χ3v) is 7.33. The van der Waals surface area contributed by atoms with Crippen molar-refractivity contribution in [2.75, 3.05) is 37.6 Å². The van der Waals surface area contributed by atoms with Gasteiger partial charge in [-0.1, -0.05) is 11.3 Å². The Morgan fingerprint density at radius 3 is 2.67 bits per heavy atom. The van der Waals surface area contributed by atoms with E-state index in [0.717, 1.165) is 22.7 Å². The minimum absolute atomic E-state index is 0.247. The van der Waals surface area contributed by atoms with Gasteiger partial charge in [-0.25, -0.2) is 18.2 Å². The third-order valence-electron chi connectivity index (χ3n) is 4.22. The summed E-state index contributed by atoms with van der Waals surface area (Å²) in [5, 5.41) is 4.26. The molecular formula is C19H20N4O7S3. The molecule has 0 unspecified atom stereocenters. The van der Waals surface area contributed by atoms with Gasteiger partial charge < -0.3 is 19.4 Å². The molecule has 1 aromatic carbocycles. The Morgan fingerprint density at radius 2 is 2.00 bits per heavy atom. The van der Waals surface area contributed by atoms with Gasteiger partial charge in [-0.15, -0.1) is 11.3 Å². The topological polar surface area (TPSA) is 146 Å². The maximum Gasteiger partial charge on any atom is 0.337 e. The number of amides is 2. The summed E-state index contributed by atoms with van der Waals surface area (Å²) < 4.78 is 36.8. The summed E-state index contributed by atoms with van der Waals surface area (Å²) in [5.74, 6) is -4.00. The van der Waals surface area contributed by atoms with Gasteiger partial charge in [-0.05, 0) is 18.2 Å². The number of methoxy groups -OCH3 is 2. The van der Waals surface area contributed by atoms with Crippen LogP contribution in [0.4, 0.5) is 5.13 Å². The Hall–Kier alpha value is -2.94. The van der Waals surface area contributed by atoms with E-state index in [2.05, 4.69) is 15.3 Å². The highest BCUT2D eigenvalue weighted by Gasteiger charge is 2.22. The number of ether oxygens (including phenoxy) is 2. The molecule has 0 aliphatic carbocycles. The van der Waals surface area contributed by atoms with Crippen molar-refractivity contribution in [3.05, 3.63) is 40.1 Å². The van der Waals surface area contributed by atoms with Crippen molar-refractivity contribution < 1.29 is 32.3 Å². The molecule has 14 heteroatoms. The van der Waals surface area contributed by atoms with Crippen molar-refractivity contribution in [3.8, 4) is 0 Å². The first-order chi connectivity index (χ1) is 15.7. The summed E-state index contributed by atoms with van der Waals surface area (Å²) in [6.07, 6.45) is 1.47. The number of nitrogens with zero attached hydrogens (tertiary/aromatic N) is 3. The van der Waals surface area contributed by atoms with Gasteiger partial charge in [0.05, 0.1) is 29.5 Å². The van der Waals surface area contributed by atoms with Gasteiger partial charge in [-0.2, -0.15) is 4.99 Å². The van der Waals surface area contributed by atoms with Gasteiger partial charge in [0.1, 0.15) is 11.5 Å². The van der Waals surface area contributed by atoms with E-state index in [9.17, 15) is 22.8 Å². The molecule has 0 radical (unpaired) electrons. The van der Waals surface area contributed by atoms with Crippen LogP contribution in [0.2, 0.25) is 0 Å². The van der Waals surface area contributed by atoms with Crippen LogP contribution in [0.15, 0.2) is 34.8 Å². The summed E-state index contributed by atoms with van der Waals surface area (Å²) in [4.78, 5) is 44.3. The zero-order valence-corrected chi connectivity index (χ0v) is 20.1. The number of anilines is 1. The molecule has 0 aliphatic heterocycles. The fourth-order valence-electron chi connectivity index (χ4n) is 2.82. The largest absolute Gasteiger partial charge is 0.465 e. The third kappa shape index (κ3) is 6.54. The number of esters is 1. The molecule has 0 saturated heterocycles. The number of thiazole rings is 2. The molecule has 176 valence electrons. The predicted molar refractivity (Wildman–Crippen MR) is 123 cm³/mol. The average Bonchev–Trinajstić information content (AvgIpc) is 3.37. The SMILES string of the molecule is COCCn1c(=NC(=O)CS(=O)(=O)CC(=O)Nc2nccs2)sc2cc(C(=O)OC)ccc21. The van der Waals surface area contributed by atoms with Crippen LogP contribution in [0.3, 0.4) is 0 Å². The van der Waals surface area contributed by atoms with Crippen LogP contribution in [0.5, 0.6) is 0 Å². The number of carbonyl (C=O) groups excluding carboxylic acids is 3. The maximum atomic E-state index is 12.5. The maximum absolute atomic E-state index is 12.5. The van der Waals surface area contributed by atoms with Gasteiger partial charge in [0.2, 0.25) is 5.91 Å². The van der Waals surface area contributed by atoms with Crippen LogP contribution >= 0.6 is 22.7 Å². The molecule has 0 fully saturated rings. The molecule has 0 atom stereocenters. The van der Waals surface area contributed by atoms with Crippen molar-refractivity contribution >= 4 is 65.6 Å². The molecule has 2 aromatic heterocycles. The first-order valence-corrected chi connectivity index (χ1v) is 12.9. The van der Waals surface area contributed by atoms with E-state index < -0.39 is 39.1 Å². The monoisotopic (exact) mass is 512 g/mol. The molecule has 3 aromatic rings. The average molecular weight is 513 g/mol. The predicted octanol–water partition coefficient (Wildman–Crippen LogP) is 1.07. The summed E-state index contributed by atoms with van der Waals surface area (Å²) in [7, 11) is -1.26. The molecule has 0 spiro atoms. The lowest BCUT2D eigenvalue weighted by molar-refractivity contribution is -0.115. The van der Waals surface area contributed by atoms with Gasteiger partial charge in [0.15, 0.2) is 19.8 Å². The minimum Gasteiger partial charge on any atom is -0.465 e. The molecule has 2 heterocycles. The van der Waals surface area contributed by atoms with Crippen molar-refractivity contribution in [2.24, 2.45) is 4.99 Å². The molecule has 0 saturated carbocycles. The quantitative estimate of drug-likeness (QED) is 0.419. The van der Waals surface area contributed by atoms with E-state index in [0.29, 0.717) is 28.9 Å². The highest BCUT2D eigenvalue weighted by molar-refractivity contribution is 7.92. The first kappa shape index (κ1) is 24.7. The summed E-state index contributed by atoms with van der Waals surface area (Å²) in [5.41, 5.74) is 1.03. The Morgan fingerprint density at radius 1 is 1.21 bits per heavy atom. The number of benzene rings is 1. The normalized spacial score (nSPS) is 12.1. The molecule has 0 aliphatic rings. The van der Waals surface area contributed by atoms with Crippen molar-refractivity contribution in [1.29, 1.82) is 0 Å². The fourth-order valence-corrected chi connectivity index (χ4v) is 5.49. The number of hydrogen-bond donors (Lipinski definition) is 1. The number of hydrogen-bond acceptors (Lipinski definition) is 10. The molecular weight excluding hydrogens is 492 g/mol. The van der Waals surface area contributed by atoms with Gasteiger partial charge in [0, 0.05) is 25.2 Å². The first-order valence-electron chi connectivity index (χ1n) is 9.40. The van der Waals surface area contributed by atoms with Crippen LogP contribution in [0.25, 0.3) is 10.2 Å². The summed E-state index contributed by atoms with van der Waals surface area (Å²) >= 11 is 2.26. The molecule has 2 amide bonds. The number of fused-ring (bicyclic) bond motifs is 1. The number of nitrogens with one attached hydrogen (secondary N) is 1. The lowest BCUT2D eigenvalue weighted by Gasteiger charge is -2.05. The van der Waals surface area contributed by atoms with E-state index in [1.807, 2.05) is 0 Å². The fraction of sp³-hybridized carbons (Fsp3) is 0.316. The summed E-state index contributed by atoms with van der Waals surface area (Å²) in [6, 6.07) is 4.89. The standard InChI is InChI=1S/C19H20N4O7S3/c1-29-7-6-23-13-4-3-12(17(26)30-2)9-14(13)32-19(23)22-16(25)11-33(27,28)10-15(24)21-18-20-5-8-31-18/h3-5,8-9H,6-7,10-11H2,1-2H3,(H,20,21,24). The van der Waals surface area contributed by atoms with Crippen LogP contribution in [-0.4, -0.2) is 68.1 Å². The number of carbonyl (C=O) groups is 3. The van der Waals surface area contributed by atoms with E-state index in [1.165, 1.54) is 20.4 Å². The lowest BCUT2D eigenvalue weighted by atomic mass is 10.2. The van der Waals surface area contributed by atoms with E-state index in [1.54, 1.807) is 28.1 Å². The summed E-state index contributed by atoms with van der Waals surface area (Å²) in [6.45, 7) is 0.671. The van der Waals surface area contributed by atoms with Crippen LogP contribution in [0.1, 0.15) is 10.4 Å². The van der Waals surface area contributed by atoms with Crippen molar-refractivity contribution in [1.82, 2.24) is 9.55 Å². The Balaban J connectivity index is 1.84. The highest BCUT2D eigenvalue weighted by atomic mass is 32.2. The molecule has 1 N–H and O–H groups in total. The van der Waals surface area contributed by atoms with Crippen LogP contribution in [0, 0.1) is 0 Å². The minimum atomic E-state index is -4.05. The number of aromatic nitrogens is 2. The molecule has 0 bridgehead atoms. The number of sulfone groups is 1. The molecule has 33 heavy (non-hydrogen) atoms. The van der Waals surface area contributed by atoms with Crippen LogP contribution < -0.4 is 10.1 Å². The van der Waals surface area contributed by atoms with Gasteiger partial charge >= 0.3 is 5.97 Å². The smallest absolute Gasteiger partial charge is 0.337 e. The molecule has 3 rings (SSSR count). The van der Waals surface area contributed by atoms with Crippen LogP contribution in [-0.2, 0) is 35.4 Å². The number of rotatable bonds is 9. The Bertz CT molecular complexity index is 1340. The second-order valence-corrected chi connectivity index (χ2v) is 10.6.